The second kappa shape index (κ2) is 8.67. The molecule has 1 heterocycles. The van der Waals surface area contributed by atoms with Crippen LogP contribution in [0.15, 0.2) is 0 Å². The predicted molar refractivity (Wildman–Crippen MR) is 90.9 cm³/mol. The Hall–Kier alpha value is -1.34. The Morgan fingerprint density at radius 3 is 2.71 bits per heavy atom. The maximum Gasteiger partial charge on any atom is 0.317 e. The van der Waals surface area contributed by atoms with Gasteiger partial charge in [-0.15, -0.1) is 0 Å². The summed E-state index contributed by atoms with van der Waals surface area (Å²) in [4.78, 5) is 26.8. The number of aliphatic carboxylic acids is 1. The summed E-state index contributed by atoms with van der Waals surface area (Å²) in [7, 11) is 1.75. The predicted octanol–water partition coefficient (Wildman–Crippen LogP) is 1.24. The van der Waals surface area contributed by atoms with E-state index in [0.29, 0.717) is 32.2 Å². The van der Waals surface area contributed by atoms with Crippen molar-refractivity contribution in [1.82, 2.24) is 15.1 Å². The van der Waals surface area contributed by atoms with E-state index in [1.54, 1.807) is 16.8 Å². The van der Waals surface area contributed by atoms with Crippen molar-refractivity contribution in [3.8, 4) is 0 Å². The summed E-state index contributed by atoms with van der Waals surface area (Å²) in [5.41, 5.74) is 0. The quantitative estimate of drug-likeness (QED) is 0.786. The molecule has 0 spiro atoms. The molecular formula is C17H31N3O4. The zero-order valence-electron chi connectivity index (χ0n) is 15.0. The third kappa shape index (κ3) is 5.63. The molecule has 2 rings (SSSR count). The highest BCUT2D eigenvalue weighted by atomic mass is 16.5. The first-order valence-electron chi connectivity index (χ1n) is 8.92. The van der Waals surface area contributed by atoms with Crippen molar-refractivity contribution in [2.24, 2.45) is 11.8 Å². The number of morpholine rings is 1. The topological polar surface area (TPSA) is 82.1 Å². The molecule has 7 nitrogen and oxygen atoms in total. The van der Waals surface area contributed by atoms with Crippen LogP contribution in [0, 0.1) is 11.8 Å². The van der Waals surface area contributed by atoms with Crippen molar-refractivity contribution >= 4 is 12.0 Å². The van der Waals surface area contributed by atoms with Gasteiger partial charge in [0.1, 0.15) is 0 Å². The highest BCUT2D eigenvalue weighted by Gasteiger charge is 2.29. The highest BCUT2D eigenvalue weighted by Crippen LogP contribution is 2.29. The van der Waals surface area contributed by atoms with Gasteiger partial charge in [-0.25, -0.2) is 4.79 Å². The van der Waals surface area contributed by atoms with Crippen molar-refractivity contribution in [2.45, 2.75) is 45.3 Å². The minimum Gasteiger partial charge on any atom is -0.480 e. The van der Waals surface area contributed by atoms with Crippen LogP contribution < -0.4 is 5.32 Å². The number of likely N-dealkylation sites (N-methyl/N-ethyl adjacent to an activating group) is 1. The number of nitrogens with one attached hydrogen (secondary N) is 1. The van der Waals surface area contributed by atoms with Crippen molar-refractivity contribution < 1.29 is 19.4 Å². The van der Waals surface area contributed by atoms with E-state index >= 15 is 0 Å². The van der Waals surface area contributed by atoms with Crippen LogP contribution in [0.3, 0.4) is 0 Å². The molecule has 1 aliphatic heterocycles. The number of hydrogen-bond acceptors (Lipinski definition) is 4. The summed E-state index contributed by atoms with van der Waals surface area (Å²) in [6.07, 6.45) is 3.12. The number of carbonyl (C=O) groups is 2. The molecule has 2 amide bonds. The fraction of sp³-hybridized carbons (Fsp3) is 0.882. The van der Waals surface area contributed by atoms with E-state index in [9.17, 15) is 9.59 Å². The van der Waals surface area contributed by atoms with Crippen molar-refractivity contribution in [3.63, 3.8) is 0 Å². The monoisotopic (exact) mass is 341 g/mol. The van der Waals surface area contributed by atoms with Gasteiger partial charge in [0.15, 0.2) is 0 Å². The molecule has 4 unspecified atom stereocenters. The molecule has 1 saturated carbocycles. The normalized spacial score (nSPS) is 31.1. The van der Waals surface area contributed by atoms with E-state index in [1.165, 1.54) is 0 Å². The van der Waals surface area contributed by atoms with E-state index in [4.69, 9.17) is 9.84 Å². The SMILES string of the molecule is CC1CCC(NC(=O)N2CCOC(CN(C)CC(=O)O)C2)CC1C. The van der Waals surface area contributed by atoms with E-state index in [0.717, 1.165) is 25.2 Å². The van der Waals surface area contributed by atoms with Crippen LogP contribution in [-0.4, -0.2) is 78.9 Å². The van der Waals surface area contributed by atoms with Crippen LogP contribution in [0.5, 0.6) is 0 Å². The number of carboxylic acid groups (broad SMARTS) is 1. The summed E-state index contributed by atoms with van der Waals surface area (Å²) in [6.45, 7) is 6.61. The van der Waals surface area contributed by atoms with Crippen LogP contribution in [0.4, 0.5) is 4.79 Å². The molecule has 24 heavy (non-hydrogen) atoms. The third-order valence-electron chi connectivity index (χ3n) is 5.27. The highest BCUT2D eigenvalue weighted by molar-refractivity contribution is 5.74. The average Bonchev–Trinajstić information content (AvgIpc) is 2.50. The molecule has 2 fully saturated rings. The van der Waals surface area contributed by atoms with E-state index in [-0.39, 0.29) is 24.7 Å². The Kier molecular flexibility index (Phi) is 6.86. The lowest BCUT2D eigenvalue weighted by molar-refractivity contribution is -0.138. The molecule has 0 bridgehead atoms. The molecule has 1 saturated heterocycles. The molecule has 138 valence electrons. The number of rotatable bonds is 5. The number of carbonyl (C=O) groups excluding carboxylic acids is 1. The lowest BCUT2D eigenvalue weighted by atomic mass is 9.79. The largest absolute Gasteiger partial charge is 0.480 e. The van der Waals surface area contributed by atoms with Gasteiger partial charge in [-0.2, -0.15) is 0 Å². The van der Waals surface area contributed by atoms with Crippen molar-refractivity contribution in [2.75, 3.05) is 39.8 Å². The maximum atomic E-state index is 12.5. The number of ether oxygens (including phenoxy) is 1. The Morgan fingerprint density at radius 2 is 2.04 bits per heavy atom. The molecule has 1 aliphatic carbocycles. The van der Waals surface area contributed by atoms with Crippen molar-refractivity contribution in [1.29, 1.82) is 0 Å². The number of hydrogen-bond donors (Lipinski definition) is 2. The van der Waals surface area contributed by atoms with E-state index < -0.39 is 5.97 Å². The van der Waals surface area contributed by atoms with Gasteiger partial charge in [0.2, 0.25) is 0 Å². The number of urea groups is 1. The summed E-state index contributed by atoms with van der Waals surface area (Å²) in [6, 6.07) is 0.246. The standard InChI is InChI=1S/C17H31N3O4/c1-12-4-5-14(8-13(12)2)18-17(23)20-6-7-24-15(10-20)9-19(3)11-16(21)22/h12-15H,4-11H2,1-3H3,(H,18,23)(H,21,22). The molecule has 4 atom stereocenters. The number of amides is 2. The summed E-state index contributed by atoms with van der Waals surface area (Å²) < 4.78 is 5.68. The molecule has 7 heteroatoms. The molecular weight excluding hydrogens is 310 g/mol. The van der Waals surface area contributed by atoms with E-state index in [2.05, 4.69) is 19.2 Å². The fourth-order valence-corrected chi connectivity index (χ4v) is 3.60. The average molecular weight is 341 g/mol. The minimum atomic E-state index is -0.858. The molecule has 2 aliphatic rings. The second-order valence-electron chi connectivity index (χ2n) is 7.44. The Labute approximate surface area is 144 Å². The van der Waals surface area contributed by atoms with Gasteiger partial charge in [0.25, 0.3) is 0 Å². The van der Waals surface area contributed by atoms with Gasteiger partial charge in [-0.3, -0.25) is 9.69 Å². The first kappa shape index (κ1) is 19.0. The van der Waals surface area contributed by atoms with E-state index in [1.807, 2.05) is 0 Å². The summed E-state index contributed by atoms with van der Waals surface area (Å²) in [5.74, 6) is 0.519. The Balaban J connectivity index is 1.78. The lowest BCUT2D eigenvalue weighted by Crippen LogP contribution is -2.54. The molecule has 0 aromatic heterocycles. The number of nitrogens with zero attached hydrogens (tertiary/aromatic N) is 2. The molecule has 2 N–H and O–H groups in total. The number of carboxylic acids is 1. The summed E-state index contributed by atoms with van der Waals surface area (Å²) in [5, 5.41) is 12.0. The van der Waals surface area contributed by atoms with Crippen molar-refractivity contribution in [3.05, 3.63) is 0 Å². The van der Waals surface area contributed by atoms with Gasteiger partial charge >= 0.3 is 12.0 Å². The minimum absolute atomic E-state index is 0.0176. The maximum absolute atomic E-state index is 12.5. The summed E-state index contributed by atoms with van der Waals surface area (Å²) >= 11 is 0. The Morgan fingerprint density at radius 1 is 1.29 bits per heavy atom. The zero-order chi connectivity index (χ0) is 17.7. The van der Waals surface area contributed by atoms with Crippen LogP contribution in [0.25, 0.3) is 0 Å². The lowest BCUT2D eigenvalue weighted by Gasteiger charge is -2.37. The zero-order valence-corrected chi connectivity index (χ0v) is 15.0. The van der Waals surface area contributed by atoms with Gasteiger partial charge in [-0.1, -0.05) is 13.8 Å². The fourth-order valence-electron chi connectivity index (χ4n) is 3.60. The van der Waals surface area contributed by atoms with Crippen LogP contribution in [0.2, 0.25) is 0 Å². The molecule has 0 radical (unpaired) electrons. The molecule has 0 aromatic rings. The smallest absolute Gasteiger partial charge is 0.317 e. The van der Waals surface area contributed by atoms with Crippen LogP contribution in [0.1, 0.15) is 33.1 Å². The van der Waals surface area contributed by atoms with Gasteiger partial charge < -0.3 is 20.1 Å². The first-order valence-corrected chi connectivity index (χ1v) is 8.92. The van der Waals surface area contributed by atoms with Crippen LogP contribution in [-0.2, 0) is 9.53 Å². The van der Waals surface area contributed by atoms with Crippen LogP contribution >= 0.6 is 0 Å². The second-order valence-corrected chi connectivity index (χ2v) is 7.44. The Bertz CT molecular complexity index is 446. The third-order valence-corrected chi connectivity index (χ3v) is 5.27. The van der Waals surface area contributed by atoms with Gasteiger partial charge in [-0.05, 0) is 38.1 Å². The van der Waals surface area contributed by atoms with Gasteiger partial charge in [0, 0.05) is 25.7 Å². The first-order chi connectivity index (χ1) is 11.3. The van der Waals surface area contributed by atoms with Gasteiger partial charge in [0.05, 0.1) is 19.3 Å². The molecule has 0 aromatic carbocycles.